The quantitative estimate of drug-likeness (QED) is 0.750. The first kappa shape index (κ1) is 11.3. The van der Waals surface area contributed by atoms with Crippen LogP contribution < -0.4 is 0 Å². The summed E-state index contributed by atoms with van der Waals surface area (Å²) in [6.07, 6.45) is 0.160. The zero-order chi connectivity index (χ0) is 10.6. The molecular weight excluding hydrogens is 223 g/mol. The van der Waals surface area contributed by atoms with Crippen LogP contribution in [0, 0.1) is 0 Å². The number of hydrogen-bond acceptors (Lipinski definition) is 2. The van der Waals surface area contributed by atoms with Gasteiger partial charge in [-0.1, -0.05) is 23.2 Å². The van der Waals surface area contributed by atoms with Crippen LogP contribution in [0.25, 0.3) is 0 Å². The maximum atomic E-state index is 11.2. The second-order valence-corrected chi connectivity index (χ2v) is 3.56. The number of rotatable bonds is 3. The van der Waals surface area contributed by atoms with Crippen molar-refractivity contribution in [1.29, 1.82) is 0 Å². The highest BCUT2D eigenvalue weighted by Gasteiger charge is 2.07. The average molecular weight is 233 g/mol. The molecule has 76 valence electrons. The lowest BCUT2D eigenvalue weighted by Gasteiger charge is -2.04. The van der Waals surface area contributed by atoms with Crippen LogP contribution in [-0.2, 0) is 16.0 Å². The van der Waals surface area contributed by atoms with Crippen molar-refractivity contribution in [2.75, 3.05) is 6.61 Å². The molecule has 1 aromatic carbocycles. The number of esters is 1. The molecule has 4 heteroatoms. The van der Waals surface area contributed by atoms with Crippen molar-refractivity contribution in [3.63, 3.8) is 0 Å². The van der Waals surface area contributed by atoms with E-state index in [1.54, 1.807) is 25.1 Å². The molecule has 1 aromatic rings. The summed E-state index contributed by atoms with van der Waals surface area (Å²) in [7, 11) is 0. The normalized spacial score (nSPS) is 9.93. The predicted molar refractivity (Wildman–Crippen MR) is 56.8 cm³/mol. The van der Waals surface area contributed by atoms with Gasteiger partial charge in [-0.3, -0.25) is 4.79 Å². The third kappa shape index (κ3) is 3.20. The fourth-order valence-corrected chi connectivity index (χ4v) is 1.43. The summed E-state index contributed by atoms with van der Waals surface area (Å²) in [5.41, 5.74) is 0.692. The molecule has 0 aliphatic rings. The first-order valence-corrected chi connectivity index (χ1v) is 4.98. The second-order valence-electron chi connectivity index (χ2n) is 2.72. The summed E-state index contributed by atoms with van der Waals surface area (Å²) in [5, 5.41) is 1.09. The van der Waals surface area contributed by atoms with Gasteiger partial charge >= 0.3 is 5.97 Å². The van der Waals surface area contributed by atoms with Crippen molar-refractivity contribution >= 4 is 29.2 Å². The van der Waals surface area contributed by atoms with Crippen LogP contribution in [0.5, 0.6) is 0 Å². The minimum absolute atomic E-state index is 0.160. The number of carbonyl (C=O) groups excluding carboxylic acids is 1. The lowest BCUT2D eigenvalue weighted by atomic mass is 10.1. The minimum Gasteiger partial charge on any atom is -0.466 e. The monoisotopic (exact) mass is 232 g/mol. The molecule has 0 amide bonds. The summed E-state index contributed by atoms with van der Waals surface area (Å²) in [5.74, 6) is -0.295. The molecule has 0 saturated heterocycles. The highest BCUT2D eigenvalue weighted by molar-refractivity contribution is 6.33. The highest BCUT2D eigenvalue weighted by Crippen LogP contribution is 2.21. The maximum absolute atomic E-state index is 11.2. The molecule has 0 saturated carbocycles. The smallest absolute Gasteiger partial charge is 0.310 e. The highest BCUT2D eigenvalue weighted by atomic mass is 35.5. The van der Waals surface area contributed by atoms with Gasteiger partial charge in [0.25, 0.3) is 0 Å². The van der Waals surface area contributed by atoms with E-state index in [1.807, 2.05) is 0 Å². The summed E-state index contributed by atoms with van der Waals surface area (Å²) in [6.45, 7) is 2.13. The molecule has 0 spiro atoms. The minimum atomic E-state index is -0.295. The van der Waals surface area contributed by atoms with Crippen molar-refractivity contribution in [3.05, 3.63) is 33.8 Å². The fourth-order valence-electron chi connectivity index (χ4n) is 1.05. The van der Waals surface area contributed by atoms with Gasteiger partial charge in [-0.05, 0) is 30.7 Å². The SMILES string of the molecule is CCOC(=O)Cc1cc(Cl)ccc1Cl. The van der Waals surface area contributed by atoms with Gasteiger partial charge in [0.2, 0.25) is 0 Å². The zero-order valence-electron chi connectivity index (χ0n) is 7.72. The summed E-state index contributed by atoms with van der Waals surface area (Å²) in [6, 6.07) is 5.01. The van der Waals surface area contributed by atoms with Gasteiger partial charge in [0.15, 0.2) is 0 Å². The molecule has 0 heterocycles. The third-order valence-electron chi connectivity index (χ3n) is 1.65. The van der Waals surface area contributed by atoms with E-state index >= 15 is 0 Å². The van der Waals surface area contributed by atoms with Crippen molar-refractivity contribution < 1.29 is 9.53 Å². The van der Waals surface area contributed by atoms with E-state index < -0.39 is 0 Å². The van der Waals surface area contributed by atoms with Gasteiger partial charge in [0.05, 0.1) is 13.0 Å². The molecule has 1 rings (SSSR count). The van der Waals surface area contributed by atoms with Crippen LogP contribution in [0.15, 0.2) is 18.2 Å². The first-order valence-electron chi connectivity index (χ1n) is 4.23. The molecule has 0 N–H and O–H groups in total. The zero-order valence-corrected chi connectivity index (χ0v) is 9.23. The number of carbonyl (C=O) groups is 1. The van der Waals surface area contributed by atoms with Gasteiger partial charge in [-0.15, -0.1) is 0 Å². The summed E-state index contributed by atoms with van der Waals surface area (Å²) >= 11 is 11.6. The van der Waals surface area contributed by atoms with E-state index in [2.05, 4.69) is 0 Å². The number of ether oxygens (including phenoxy) is 1. The Morgan fingerprint density at radius 2 is 2.14 bits per heavy atom. The van der Waals surface area contributed by atoms with E-state index in [9.17, 15) is 4.79 Å². The van der Waals surface area contributed by atoms with Crippen LogP contribution in [0.3, 0.4) is 0 Å². The van der Waals surface area contributed by atoms with Crippen molar-refractivity contribution in [2.45, 2.75) is 13.3 Å². The first-order chi connectivity index (χ1) is 6.63. The summed E-state index contributed by atoms with van der Waals surface area (Å²) < 4.78 is 4.80. The van der Waals surface area contributed by atoms with E-state index in [-0.39, 0.29) is 12.4 Å². The number of benzene rings is 1. The van der Waals surface area contributed by atoms with E-state index in [1.165, 1.54) is 0 Å². The molecule has 0 unspecified atom stereocenters. The van der Waals surface area contributed by atoms with Crippen molar-refractivity contribution in [1.82, 2.24) is 0 Å². The van der Waals surface area contributed by atoms with E-state index in [0.29, 0.717) is 22.2 Å². The molecule has 0 aliphatic carbocycles. The van der Waals surface area contributed by atoms with Gasteiger partial charge in [-0.25, -0.2) is 0 Å². The van der Waals surface area contributed by atoms with Crippen LogP contribution >= 0.6 is 23.2 Å². The van der Waals surface area contributed by atoms with Gasteiger partial charge in [0, 0.05) is 10.0 Å². The summed E-state index contributed by atoms with van der Waals surface area (Å²) in [4.78, 5) is 11.2. The lowest BCUT2D eigenvalue weighted by molar-refractivity contribution is -0.142. The Morgan fingerprint density at radius 3 is 2.79 bits per heavy atom. The Labute approximate surface area is 92.8 Å². The molecular formula is C10H10Cl2O2. The molecule has 0 aliphatic heterocycles. The number of hydrogen-bond donors (Lipinski definition) is 0. The maximum Gasteiger partial charge on any atom is 0.310 e. The predicted octanol–water partition coefficient (Wildman–Crippen LogP) is 3.10. The molecule has 0 radical (unpaired) electrons. The average Bonchev–Trinajstić information content (AvgIpc) is 2.12. The van der Waals surface area contributed by atoms with Crippen LogP contribution in [-0.4, -0.2) is 12.6 Å². The molecule has 0 fully saturated rings. The molecule has 2 nitrogen and oxygen atoms in total. The molecule has 14 heavy (non-hydrogen) atoms. The Morgan fingerprint density at radius 1 is 1.43 bits per heavy atom. The van der Waals surface area contributed by atoms with E-state index in [0.717, 1.165) is 0 Å². The van der Waals surface area contributed by atoms with Gasteiger partial charge < -0.3 is 4.74 Å². The molecule has 0 atom stereocenters. The van der Waals surface area contributed by atoms with Crippen molar-refractivity contribution in [3.8, 4) is 0 Å². The second kappa shape index (κ2) is 5.23. The standard InChI is InChI=1S/C10H10Cl2O2/c1-2-14-10(13)6-7-5-8(11)3-4-9(7)12/h3-5H,2,6H2,1H3. The Hall–Kier alpha value is -0.730. The van der Waals surface area contributed by atoms with Crippen molar-refractivity contribution in [2.24, 2.45) is 0 Å². The van der Waals surface area contributed by atoms with Crippen LogP contribution in [0.2, 0.25) is 10.0 Å². The fraction of sp³-hybridized carbons (Fsp3) is 0.300. The van der Waals surface area contributed by atoms with Gasteiger partial charge in [-0.2, -0.15) is 0 Å². The van der Waals surface area contributed by atoms with Crippen LogP contribution in [0.4, 0.5) is 0 Å². The largest absolute Gasteiger partial charge is 0.466 e. The molecule has 0 bridgehead atoms. The Bertz CT molecular complexity index is 337. The molecule has 0 aromatic heterocycles. The van der Waals surface area contributed by atoms with Crippen LogP contribution in [0.1, 0.15) is 12.5 Å². The number of halogens is 2. The lowest BCUT2D eigenvalue weighted by Crippen LogP contribution is -2.07. The van der Waals surface area contributed by atoms with E-state index in [4.69, 9.17) is 27.9 Å². The third-order valence-corrected chi connectivity index (χ3v) is 2.25. The topological polar surface area (TPSA) is 26.3 Å². The Balaban J connectivity index is 2.75. The van der Waals surface area contributed by atoms with Gasteiger partial charge in [0.1, 0.15) is 0 Å². The Kier molecular flexibility index (Phi) is 4.23.